The highest BCUT2D eigenvalue weighted by atomic mass is 32.1. The zero-order valence-electron chi connectivity index (χ0n) is 10.9. The summed E-state index contributed by atoms with van der Waals surface area (Å²) in [6.45, 7) is 3.95. The molecule has 1 aromatic heterocycles. The molecule has 2 rings (SSSR count). The molecule has 1 heterocycles. The van der Waals surface area contributed by atoms with E-state index < -0.39 is 0 Å². The van der Waals surface area contributed by atoms with Gasteiger partial charge in [-0.3, -0.25) is 4.79 Å². The number of nitrogens with zero attached hydrogens (tertiary/aromatic N) is 1. The lowest BCUT2D eigenvalue weighted by Gasteiger charge is -2.10. The second-order valence-corrected chi connectivity index (χ2v) is 5.11. The smallest absolute Gasteiger partial charge is 0.230 e. The Morgan fingerprint density at radius 1 is 1.37 bits per heavy atom. The quantitative estimate of drug-likeness (QED) is 0.913. The van der Waals surface area contributed by atoms with Crippen molar-refractivity contribution in [2.45, 2.75) is 26.4 Å². The van der Waals surface area contributed by atoms with Crippen molar-refractivity contribution >= 4 is 22.9 Å². The monoisotopic (exact) mass is 276 g/mol. The molecule has 0 atom stereocenters. The number of ether oxygens (including phenoxy) is 1. The van der Waals surface area contributed by atoms with E-state index in [4.69, 9.17) is 4.74 Å². The second kappa shape index (κ2) is 6.33. The zero-order valence-corrected chi connectivity index (χ0v) is 11.7. The molecule has 0 bridgehead atoms. The van der Waals surface area contributed by atoms with Gasteiger partial charge in [-0.2, -0.15) is 0 Å². The Kier molecular flexibility index (Phi) is 4.52. The molecule has 100 valence electrons. The number of thiazole rings is 1. The van der Waals surface area contributed by atoms with E-state index in [1.807, 2.05) is 43.5 Å². The Morgan fingerprint density at radius 2 is 2.11 bits per heavy atom. The molecule has 0 saturated carbocycles. The van der Waals surface area contributed by atoms with Crippen LogP contribution in [0.3, 0.4) is 0 Å². The van der Waals surface area contributed by atoms with Gasteiger partial charge in [0, 0.05) is 11.1 Å². The molecule has 0 fully saturated rings. The molecule has 0 spiro atoms. The lowest BCUT2D eigenvalue weighted by atomic mass is 10.2. The number of nitrogens with one attached hydrogen (secondary N) is 1. The van der Waals surface area contributed by atoms with Crippen LogP contribution in [0.15, 0.2) is 35.2 Å². The predicted molar refractivity (Wildman–Crippen MR) is 76.7 cm³/mol. The van der Waals surface area contributed by atoms with Crippen LogP contribution in [0.5, 0.6) is 5.75 Å². The molecule has 4 nitrogen and oxygen atoms in total. The Bertz CT molecular complexity index is 521. The van der Waals surface area contributed by atoms with E-state index in [1.165, 1.54) is 11.3 Å². The first kappa shape index (κ1) is 13.5. The fraction of sp³-hybridized carbons (Fsp3) is 0.286. The maximum atomic E-state index is 11.8. The van der Waals surface area contributed by atoms with Crippen molar-refractivity contribution in [3.05, 3.63) is 40.8 Å². The molecule has 5 heteroatoms. The fourth-order valence-corrected chi connectivity index (χ4v) is 2.14. The van der Waals surface area contributed by atoms with Crippen LogP contribution in [-0.2, 0) is 11.2 Å². The molecule has 1 N–H and O–H groups in total. The van der Waals surface area contributed by atoms with E-state index in [0.29, 0.717) is 6.42 Å². The molecule has 1 amide bonds. The lowest BCUT2D eigenvalue weighted by molar-refractivity contribution is -0.115. The fourth-order valence-electron chi connectivity index (χ4n) is 1.58. The first-order chi connectivity index (χ1) is 9.13. The largest absolute Gasteiger partial charge is 0.491 e. The van der Waals surface area contributed by atoms with Gasteiger partial charge in [0.25, 0.3) is 0 Å². The summed E-state index contributed by atoms with van der Waals surface area (Å²) in [5, 5.41) is 4.71. The molecule has 0 aliphatic carbocycles. The van der Waals surface area contributed by atoms with Crippen LogP contribution in [0.1, 0.15) is 19.5 Å². The number of hydrogen-bond acceptors (Lipinski definition) is 4. The highest BCUT2D eigenvalue weighted by Crippen LogP contribution is 2.17. The molecule has 0 unspecified atom stereocenters. The van der Waals surface area contributed by atoms with Crippen molar-refractivity contribution in [3.8, 4) is 5.75 Å². The van der Waals surface area contributed by atoms with Crippen molar-refractivity contribution in [2.24, 2.45) is 0 Å². The van der Waals surface area contributed by atoms with Gasteiger partial charge in [-0.25, -0.2) is 4.98 Å². The number of carbonyl (C=O) groups is 1. The first-order valence-electron chi connectivity index (χ1n) is 6.07. The SMILES string of the molecule is CC(C)Oc1ccc(NC(=O)Cc2cscn2)cc1. The number of amides is 1. The van der Waals surface area contributed by atoms with Crippen molar-refractivity contribution in [1.29, 1.82) is 0 Å². The number of hydrogen-bond donors (Lipinski definition) is 1. The Hall–Kier alpha value is -1.88. The van der Waals surface area contributed by atoms with Crippen LogP contribution in [0.25, 0.3) is 0 Å². The minimum Gasteiger partial charge on any atom is -0.491 e. The van der Waals surface area contributed by atoms with Crippen LogP contribution < -0.4 is 10.1 Å². The van der Waals surface area contributed by atoms with E-state index in [2.05, 4.69) is 10.3 Å². The third kappa shape index (κ3) is 4.37. The second-order valence-electron chi connectivity index (χ2n) is 4.40. The molecule has 0 aliphatic rings. The molecule has 0 saturated heterocycles. The molecule has 0 radical (unpaired) electrons. The maximum absolute atomic E-state index is 11.8. The topological polar surface area (TPSA) is 51.2 Å². The lowest BCUT2D eigenvalue weighted by Crippen LogP contribution is -2.14. The van der Waals surface area contributed by atoms with E-state index in [0.717, 1.165) is 17.1 Å². The molecular weight excluding hydrogens is 260 g/mol. The number of carbonyl (C=O) groups excluding carboxylic acids is 1. The van der Waals surface area contributed by atoms with Crippen LogP contribution in [0.2, 0.25) is 0 Å². The van der Waals surface area contributed by atoms with Gasteiger partial charge in [0.05, 0.1) is 23.7 Å². The van der Waals surface area contributed by atoms with Gasteiger partial charge in [-0.15, -0.1) is 11.3 Å². The normalized spacial score (nSPS) is 10.5. The summed E-state index contributed by atoms with van der Waals surface area (Å²) in [7, 11) is 0. The molecule has 2 aromatic rings. The Labute approximate surface area is 116 Å². The Balaban J connectivity index is 1.90. The van der Waals surface area contributed by atoms with Gasteiger partial charge in [0.2, 0.25) is 5.91 Å². The third-order valence-electron chi connectivity index (χ3n) is 2.33. The number of anilines is 1. The molecule has 19 heavy (non-hydrogen) atoms. The minimum absolute atomic E-state index is 0.0663. The Morgan fingerprint density at radius 3 is 2.68 bits per heavy atom. The summed E-state index contributed by atoms with van der Waals surface area (Å²) in [5.41, 5.74) is 3.28. The summed E-state index contributed by atoms with van der Waals surface area (Å²) < 4.78 is 5.54. The van der Waals surface area contributed by atoms with Gasteiger partial charge in [0.1, 0.15) is 5.75 Å². The molecule has 1 aromatic carbocycles. The van der Waals surface area contributed by atoms with Crippen molar-refractivity contribution in [1.82, 2.24) is 4.98 Å². The summed E-state index contributed by atoms with van der Waals surface area (Å²) in [6.07, 6.45) is 0.443. The summed E-state index contributed by atoms with van der Waals surface area (Å²) in [5.74, 6) is 0.732. The van der Waals surface area contributed by atoms with Crippen LogP contribution in [-0.4, -0.2) is 17.0 Å². The van der Waals surface area contributed by atoms with Gasteiger partial charge in [-0.1, -0.05) is 0 Å². The van der Waals surface area contributed by atoms with Gasteiger partial charge in [0.15, 0.2) is 0 Å². The molecule has 0 aliphatic heterocycles. The summed E-state index contributed by atoms with van der Waals surface area (Å²) >= 11 is 1.49. The van der Waals surface area contributed by atoms with Crippen molar-refractivity contribution in [2.75, 3.05) is 5.32 Å². The van der Waals surface area contributed by atoms with Crippen LogP contribution >= 0.6 is 11.3 Å². The van der Waals surface area contributed by atoms with Gasteiger partial charge < -0.3 is 10.1 Å². The van der Waals surface area contributed by atoms with Crippen LogP contribution in [0, 0.1) is 0 Å². The van der Waals surface area contributed by atoms with Gasteiger partial charge in [-0.05, 0) is 38.1 Å². The highest BCUT2D eigenvalue weighted by Gasteiger charge is 2.06. The first-order valence-corrected chi connectivity index (χ1v) is 7.01. The average molecular weight is 276 g/mol. The number of benzene rings is 1. The maximum Gasteiger partial charge on any atom is 0.230 e. The van der Waals surface area contributed by atoms with E-state index in [-0.39, 0.29) is 12.0 Å². The van der Waals surface area contributed by atoms with E-state index in [1.54, 1.807) is 5.51 Å². The highest BCUT2D eigenvalue weighted by molar-refractivity contribution is 7.07. The minimum atomic E-state index is -0.0663. The van der Waals surface area contributed by atoms with Crippen LogP contribution in [0.4, 0.5) is 5.69 Å². The number of aromatic nitrogens is 1. The van der Waals surface area contributed by atoms with E-state index in [9.17, 15) is 4.79 Å². The average Bonchev–Trinajstić information content (AvgIpc) is 2.83. The van der Waals surface area contributed by atoms with E-state index >= 15 is 0 Å². The summed E-state index contributed by atoms with van der Waals surface area (Å²) in [4.78, 5) is 15.8. The molecular formula is C14H16N2O2S. The van der Waals surface area contributed by atoms with Gasteiger partial charge >= 0.3 is 0 Å². The van der Waals surface area contributed by atoms with Crippen molar-refractivity contribution < 1.29 is 9.53 Å². The van der Waals surface area contributed by atoms with Crippen molar-refractivity contribution in [3.63, 3.8) is 0 Å². The standard InChI is InChI=1S/C14H16N2O2S/c1-10(2)18-13-5-3-11(4-6-13)16-14(17)7-12-8-19-9-15-12/h3-6,8-10H,7H2,1-2H3,(H,16,17). The predicted octanol–water partition coefficient (Wildman–Crippen LogP) is 3.11. The third-order valence-corrected chi connectivity index (χ3v) is 2.97. The summed E-state index contributed by atoms with van der Waals surface area (Å²) in [6, 6.07) is 7.35. The number of rotatable bonds is 5. The zero-order chi connectivity index (χ0) is 13.7.